The van der Waals surface area contributed by atoms with Gasteiger partial charge in [0, 0.05) is 35.9 Å². The van der Waals surface area contributed by atoms with E-state index in [-0.39, 0.29) is 5.91 Å². The average Bonchev–Trinajstić information content (AvgIpc) is 2.88. The minimum atomic E-state index is 0.269. The van der Waals surface area contributed by atoms with Gasteiger partial charge < -0.3 is 9.80 Å². The summed E-state index contributed by atoms with van der Waals surface area (Å²) in [6.45, 7) is 2.57. The molecule has 1 aliphatic heterocycles. The van der Waals surface area contributed by atoms with Gasteiger partial charge >= 0.3 is 0 Å². The lowest BCUT2D eigenvalue weighted by atomic mass is 9.85. The Kier molecular flexibility index (Phi) is 5.46. The summed E-state index contributed by atoms with van der Waals surface area (Å²) < 4.78 is 1.28. The van der Waals surface area contributed by atoms with Crippen LogP contribution in [0.5, 0.6) is 0 Å². The molecular weight excluding hydrogens is 401 g/mol. The van der Waals surface area contributed by atoms with Gasteiger partial charge in [-0.2, -0.15) is 0 Å². The third kappa shape index (κ3) is 4.18. The molecule has 1 aromatic carbocycles. The predicted molar refractivity (Wildman–Crippen MR) is 103 cm³/mol. The molecule has 1 saturated heterocycles. The van der Waals surface area contributed by atoms with Gasteiger partial charge in [-0.3, -0.25) is 9.69 Å². The number of carbonyl (C=O) groups is 1. The van der Waals surface area contributed by atoms with Crippen LogP contribution in [0.2, 0.25) is 0 Å². The molecule has 0 N–H and O–H groups in total. The standard InChI is InChI=1S/C18H26IN3O/c1-20(16-9-5-15(19)6-10-16)11-14-3-7-17(8-4-14)22-12-18(23)21(2)13-22/h5-6,9-10,14,17H,3-4,7-8,11-13H2,1-2H3/t14-,17-. The van der Waals surface area contributed by atoms with E-state index in [1.165, 1.54) is 34.9 Å². The van der Waals surface area contributed by atoms with Gasteiger partial charge in [-0.1, -0.05) is 0 Å². The van der Waals surface area contributed by atoms with Gasteiger partial charge in [0.1, 0.15) is 0 Å². The van der Waals surface area contributed by atoms with Crippen molar-refractivity contribution in [1.82, 2.24) is 9.80 Å². The van der Waals surface area contributed by atoms with Gasteiger partial charge in [-0.15, -0.1) is 0 Å². The first kappa shape index (κ1) is 17.0. The summed E-state index contributed by atoms with van der Waals surface area (Å²) in [6, 6.07) is 9.36. The second-order valence-corrected chi connectivity index (χ2v) is 8.26. The molecule has 2 fully saturated rings. The maximum absolute atomic E-state index is 11.7. The van der Waals surface area contributed by atoms with Crippen LogP contribution < -0.4 is 4.90 Å². The van der Waals surface area contributed by atoms with E-state index in [0.29, 0.717) is 12.6 Å². The predicted octanol–water partition coefficient (Wildman–Crippen LogP) is 3.02. The fourth-order valence-corrected chi connectivity index (χ4v) is 4.18. The quantitative estimate of drug-likeness (QED) is 0.692. The van der Waals surface area contributed by atoms with Crippen LogP contribution in [0.25, 0.3) is 0 Å². The van der Waals surface area contributed by atoms with Gasteiger partial charge in [-0.05, 0) is 78.5 Å². The number of hydrogen-bond acceptors (Lipinski definition) is 3. The zero-order chi connectivity index (χ0) is 16.4. The highest BCUT2D eigenvalue weighted by Crippen LogP contribution is 2.30. The van der Waals surface area contributed by atoms with E-state index in [4.69, 9.17) is 0 Å². The Morgan fingerprint density at radius 2 is 1.83 bits per heavy atom. The number of carbonyl (C=O) groups excluding carboxylic acids is 1. The minimum absolute atomic E-state index is 0.269. The molecule has 1 saturated carbocycles. The first-order valence-electron chi connectivity index (χ1n) is 8.47. The smallest absolute Gasteiger partial charge is 0.237 e. The molecule has 126 valence electrons. The first-order chi connectivity index (χ1) is 11.0. The fourth-order valence-electron chi connectivity index (χ4n) is 3.82. The highest BCUT2D eigenvalue weighted by Gasteiger charge is 2.32. The largest absolute Gasteiger partial charge is 0.374 e. The number of rotatable bonds is 4. The minimum Gasteiger partial charge on any atom is -0.374 e. The summed E-state index contributed by atoms with van der Waals surface area (Å²) in [5, 5.41) is 0. The highest BCUT2D eigenvalue weighted by molar-refractivity contribution is 14.1. The first-order valence-corrected chi connectivity index (χ1v) is 9.55. The molecule has 5 heteroatoms. The van der Waals surface area contributed by atoms with Crippen molar-refractivity contribution in [3.05, 3.63) is 27.8 Å². The molecule has 0 aromatic heterocycles. The van der Waals surface area contributed by atoms with Crippen molar-refractivity contribution in [2.45, 2.75) is 31.7 Å². The molecule has 0 radical (unpaired) electrons. The molecule has 1 amide bonds. The number of amides is 1. The van der Waals surface area contributed by atoms with Crippen molar-refractivity contribution < 1.29 is 4.79 Å². The van der Waals surface area contributed by atoms with Gasteiger partial charge in [0.25, 0.3) is 0 Å². The summed E-state index contributed by atoms with van der Waals surface area (Å²) in [5.74, 6) is 1.04. The van der Waals surface area contributed by atoms with Gasteiger partial charge in [0.2, 0.25) is 5.91 Å². The van der Waals surface area contributed by atoms with Crippen LogP contribution in [-0.4, -0.2) is 55.6 Å². The van der Waals surface area contributed by atoms with Crippen LogP contribution in [0.1, 0.15) is 25.7 Å². The van der Waals surface area contributed by atoms with Crippen molar-refractivity contribution in [3.8, 4) is 0 Å². The second-order valence-electron chi connectivity index (χ2n) is 7.01. The zero-order valence-corrected chi connectivity index (χ0v) is 16.2. The molecule has 1 aliphatic carbocycles. The van der Waals surface area contributed by atoms with E-state index in [9.17, 15) is 4.79 Å². The average molecular weight is 427 g/mol. The van der Waals surface area contributed by atoms with E-state index >= 15 is 0 Å². The topological polar surface area (TPSA) is 26.8 Å². The van der Waals surface area contributed by atoms with E-state index in [1.807, 2.05) is 11.9 Å². The van der Waals surface area contributed by atoms with Crippen LogP contribution in [-0.2, 0) is 4.79 Å². The molecule has 0 atom stereocenters. The van der Waals surface area contributed by atoms with Crippen molar-refractivity contribution in [1.29, 1.82) is 0 Å². The second kappa shape index (κ2) is 7.38. The lowest BCUT2D eigenvalue weighted by Gasteiger charge is -2.35. The summed E-state index contributed by atoms with van der Waals surface area (Å²) in [4.78, 5) is 18.3. The molecule has 4 nitrogen and oxygen atoms in total. The highest BCUT2D eigenvalue weighted by atomic mass is 127. The molecule has 0 spiro atoms. The van der Waals surface area contributed by atoms with Crippen LogP contribution in [0.4, 0.5) is 5.69 Å². The van der Waals surface area contributed by atoms with Crippen molar-refractivity contribution >= 4 is 34.2 Å². The van der Waals surface area contributed by atoms with Crippen molar-refractivity contribution in [3.63, 3.8) is 0 Å². The molecule has 23 heavy (non-hydrogen) atoms. The normalized spacial score (nSPS) is 25.9. The Hall–Kier alpha value is -0.820. The van der Waals surface area contributed by atoms with Gasteiger partial charge in [0.05, 0.1) is 13.2 Å². The molecule has 3 rings (SSSR count). The molecule has 2 aliphatic rings. The lowest BCUT2D eigenvalue weighted by molar-refractivity contribution is -0.125. The zero-order valence-electron chi connectivity index (χ0n) is 14.0. The third-order valence-corrected chi connectivity index (χ3v) is 6.01. The van der Waals surface area contributed by atoms with Gasteiger partial charge in [0.15, 0.2) is 0 Å². The Morgan fingerprint density at radius 3 is 2.39 bits per heavy atom. The van der Waals surface area contributed by atoms with Crippen LogP contribution >= 0.6 is 22.6 Å². The number of anilines is 1. The maximum Gasteiger partial charge on any atom is 0.237 e. The molecule has 1 heterocycles. The molecule has 1 aromatic rings. The Labute approximate surface area is 153 Å². The lowest BCUT2D eigenvalue weighted by Crippen LogP contribution is -2.39. The Bertz CT molecular complexity index is 540. The fraction of sp³-hybridized carbons (Fsp3) is 0.611. The molecular formula is C18H26IN3O. The van der Waals surface area contributed by atoms with Crippen LogP contribution in [0, 0.1) is 9.49 Å². The summed E-state index contributed by atoms with van der Waals surface area (Å²) in [6.07, 6.45) is 5.00. The Balaban J connectivity index is 1.47. The van der Waals surface area contributed by atoms with Crippen molar-refractivity contribution in [2.24, 2.45) is 5.92 Å². The number of halogens is 1. The monoisotopic (exact) mass is 427 g/mol. The van der Waals surface area contributed by atoms with Crippen LogP contribution in [0.3, 0.4) is 0 Å². The SMILES string of the molecule is CN1CN([C@H]2CC[C@H](CN(C)c3ccc(I)cc3)CC2)CC1=O. The maximum atomic E-state index is 11.7. The van der Waals surface area contributed by atoms with Crippen LogP contribution in [0.15, 0.2) is 24.3 Å². The summed E-state index contributed by atoms with van der Waals surface area (Å²) >= 11 is 2.35. The number of hydrogen-bond donors (Lipinski definition) is 0. The molecule has 0 unspecified atom stereocenters. The number of benzene rings is 1. The van der Waals surface area contributed by atoms with E-state index in [0.717, 1.165) is 19.1 Å². The van der Waals surface area contributed by atoms with Crippen molar-refractivity contribution in [2.75, 3.05) is 38.8 Å². The number of likely N-dealkylation sites (N-methyl/N-ethyl adjacent to an activating group) is 1. The van der Waals surface area contributed by atoms with E-state index in [2.05, 4.69) is 63.7 Å². The van der Waals surface area contributed by atoms with Gasteiger partial charge in [-0.25, -0.2) is 0 Å². The van der Waals surface area contributed by atoms with E-state index < -0.39 is 0 Å². The Morgan fingerprint density at radius 1 is 1.17 bits per heavy atom. The van der Waals surface area contributed by atoms with E-state index in [1.54, 1.807) is 0 Å². The third-order valence-electron chi connectivity index (χ3n) is 5.29. The molecule has 0 bridgehead atoms. The number of nitrogens with zero attached hydrogens (tertiary/aromatic N) is 3. The summed E-state index contributed by atoms with van der Waals surface area (Å²) in [5.41, 5.74) is 1.30. The summed E-state index contributed by atoms with van der Waals surface area (Å²) in [7, 11) is 4.10.